The van der Waals surface area contributed by atoms with Crippen LogP contribution < -0.4 is 27.4 Å². The Morgan fingerprint density at radius 2 is 1.56 bits per heavy atom. The molecule has 0 spiro atoms. The Morgan fingerprint density at radius 3 is 2.26 bits per heavy atom. The normalized spacial score (nSPS) is 18.4. The number of rotatable bonds is 13. The van der Waals surface area contributed by atoms with Gasteiger partial charge < -0.3 is 37.5 Å². The molecule has 3 aromatic carbocycles. The Kier molecular flexibility index (Phi) is 11.6. The Bertz CT molecular complexity index is 1820. The van der Waals surface area contributed by atoms with Gasteiger partial charge in [0.1, 0.15) is 17.8 Å². The number of phenols is 1. The average molecular weight is 681 g/mol. The Hall–Kier alpha value is -5.16. The molecule has 0 saturated heterocycles. The van der Waals surface area contributed by atoms with E-state index in [1.807, 2.05) is 81.6 Å². The number of aromatic nitrogens is 1. The van der Waals surface area contributed by atoms with E-state index in [9.17, 15) is 24.3 Å². The molecular formula is C39H48N6O5. The SMILES string of the molecule is Cc1cc(O)cc(C)c1C[C@H](N)C(=O)N[C@@H]1CCCC[C@@H]1C(=O)N[C@@H](Cc1c[nH]c2ccccc12)C(=O)N[C@H](C(N)=O)[C@@H](C)c1ccccc1. The number of aryl methyl sites for hydroxylation is 2. The molecule has 0 bridgehead atoms. The standard InChI is InChI=1S/C39H48N6O5/c1-22-17-27(46)18-23(2)30(22)20-31(40)38(49)43-33-16-10-8-14-29(33)37(48)44-34(19-26-21-42-32-15-9-7-13-28(26)32)39(50)45-35(36(41)47)24(3)25-11-5-4-6-12-25/h4-7,9,11-13,15,17-18,21,24,29,31,33-35,42,46H,8,10,14,16,19-20,40H2,1-3H3,(H2,41,47)(H,43,49)(H,44,48)(H,45,50)/t24-,29-,31-,33+,34-,35-/m0/s1. The van der Waals surface area contributed by atoms with Crippen molar-refractivity contribution in [2.75, 3.05) is 0 Å². The lowest BCUT2D eigenvalue weighted by molar-refractivity contribution is -0.134. The maximum atomic E-state index is 14.1. The lowest BCUT2D eigenvalue weighted by Gasteiger charge is -2.33. The number of fused-ring (bicyclic) bond motifs is 1. The second-order valence-corrected chi connectivity index (χ2v) is 13.6. The summed E-state index contributed by atoms with van der Waals surface area (Å²) in [5.74, 6) is -2.80. The molecule has 264 valence electrons. The first-order valence-electron chi connectivity index (χ1n) is 17.3. The molecule has 0 aliphatic heterocycles. The fourth-order valence-electron chi connectivity index (χ4n) is 7.17. The molecule has 4 aromatic rings. The van der Waals surface area contributed by atoms with Crippen molar-refractivity contribution in [1.29, 1.82) is 0 Å². The van der Waals surface area contributed by atoms with Gasteiger partial charge in [0.05, 0.1) is 12.0 Å². The number of para-hydroxylation sites is 1. The van der Waals surface area contributed by atoms with Gasteiger partial charge in [-0.25, -0.2) is 0 Å². The van der Waals surface area contributed by atoms with Crippen LogP contribution in [0.4, 0.5) is 0 Å². The van der Waals surface area contributed by atoms with Crippen molar-refractivity contribution in [2.45, 2.75) is 89.4 Å². The number of amides is 4. The number of hydrogen-bond acceptors (Lipinski definition) is 6. The fourth-order valence-corrected chi connectivity index (χ4v) is 7.17. The predicted octanol–water partition coefficient (Wildman–Crippen LogP) is 3.54. The van der Waals surface area contributed by atoms with Crippen LogP contribution in [0.15, 0.2) is 72.9 Å². The third-order valence-electron chi connectivity index (χ3n) is 10.0. The van der Waals surface area contributed by atoms with Gasteiger partial charge in [-0.1, -0.05) is 68.3 Å². The van der Waals surface area contributed by atoms with Crippen LogP contribution in [0.5, 0.6) is 5.75 Å². The number of primary amides is 1. The van der Waals surface area contributed by atoms with Gasteiger partial charge >= 0.3 is 0 Å². The summed E-state index contributed by atoms with van der Waals surface area (Å²) in [6.07, 6.45) is 4.99. The molecule has 1 saturated carbocycles. The van der Waals surface area contributed by atoms with Crippen molar-refractivity contribution in [2.24, 2.45) is 17.4 Å². The zero-order chi connectivity index (χ0) is 35.9. The predicted molar refractivity (Wildman–Crippen MR) is 193 cm³/mol. The Balaban J connectivity index is 1.34. The molecule has 11 nitrogen and oxygen atoms in total. The van der Waals surface area contributed by atoms with Gasteiger partial charge in [-0.15, -0.1) is 0 Å². The number of benzene rings is 3. The average Bonchev–Trinajstić information content (AvgIpc) is 3.51. The highest BCUT2D eigenvalue weighted by atomic mass is 16.3. The van der Waals surface area contributed by atoms with E-state index in [4.69, 9.17) is 11.5 Å². The van der Waals surface area contributed by atoms with E-state index in [2.05, 4.69) is 20.9 Å². The lowest BCUT2D eigenvalue weighted by Crippen LogP contribution is -2.58. The lowest BCUT2D eigenvalue weighted by atomic mass is 9.83. The number of aromatic hydroxyl groups is 1. The summed E-state index contributed by atoms with van der Waals surface area (Å²) in [4.78, 5) is 57.3. The second-order valence-electron chi connectivity index (χ2n) is 13.6. The summed E-state index contributed by atoms with van der Waals surface area (Å²) in [7, 11) is 0. The molecule has 1 fully saturated rings. The molecule has 5 rings (SSSR count). The monoisotopic (exact) mass is 680 g/mol. The van der Waals surface area contributed by atoms with Crippen LogP contribution in [0.3, 0.4) is 0 Å². The van der Waals surface area contributed by atoms with Crippen LogP contribution in [0, 0.1) is 19.8 Å². The van der Waals surface area contributed by atoms with Gasteiger partial charge in [0.2, 0.25) is 23.6 Å². The van der Waals surface area contributed by atoms with Gasteiger partial charge in [0.25, 0.3) is 0 Å². The number of hydrogen-bond donors (Lipinski definition) is 7. The summed E-state index contributed by atoms with van der Waals surface area (Å²) in [6.45, 7) is 5.55. The Labute approximate surface area is 292 Å². The number of phenolic OH excluding ortho intramolecular Hbond substituents is 1. The van der Waals surface area contributed by atoms with Crippen LogP contribution in [0.25, 0.3) is 10.9 Å². The van der Waals surface area contributed by atoms with Gasteiger partial charge in [0, 0.05) is 35.5 Å². The number of H-pyrrole nitrogens is 1. The van der Waals surface area contributed by atoms with Crippen molar-refractivity contribution < 1.29 is 24.3 Å². The molecule has 1 heterocycles. The van der Waals surface area contributed by atoms with Crippen molar-refractivity contribution in [3.8, 4) is 5.75 Å². The van der Waals surface area contributed by atoms with E-state index in [-0.39, 0.29) is 30.4 Å². The highest BCUT2D eigenvalue weighted by Crippen LogP contribution is 2.27. The van der Waals surface area contributed by atoms with Crippen LogP contribution in [-0.2, 0) is 32.0 Å². The molecule has 1 aromatic heterocycles. The second kappa shape index (κ2) is 16.0. The van der Waals surface area contributed by atoms with Gasteiger partial charge in [0.15, 0.2) is 0 Å². The molecule has 11 heteroatoms. The smallest absolute Gasteiger partial charge is 0.243 e. The van der Waals surface area contributed by atoms with E-state index in [0.717, 1.165) is 51.6 Å². The molecule has 4 amide bonds. The fraction of sp³-hybridized carbons (Fsp3) is 0.385. The molecule has 0 unspecified atom stereocenters. The molecular weight excluding hydrogens is 632 g/mol. The first-order valence-corrected chi connectivity index (χ1v) is 17.3. The third kappa shape index (κ3) is 8.52. The topological polar surface area (TPSA) is 192 Å². The zero-order valence-electron chi connectivity index (χ0n) is 28.9. The van der Waals surface area contributed by atoms with Crippen LogP contribution in [0.2, 0.25) is 0 Å². The quantitative estimate of drug-likeness (QED) is 0.113. The molecule has 9 N–H and O–H groups in total. The van der Waals surface area contributed by atoms with Gasteiger partial charge in [-0.3, -0.25) is 19.2 Å². The maximum absolute atomic E-state index is 14.1. The highest BCUT2D eigenvalue weighted by molar-refractivity contribution is 5.94. The number of carbonyl (C=O) groups excluding carboxylic acids is 4. The summed E-state index contributed by atoms with van der Waals surface area (Å²) in [5, 5.41) is 19.7. The minimum atomic E-state index is -1.03. The van der Waals surface area contributed by atoms with Gasteiger partial charge in [-0.05, 0) is 79.1 Å². The number of aromatic amines is 1. The van der Waals surface area contributed by atoms with E-state index in [1.165, 1.54) is 0 Å². The third-order valence-corrected chi connectivity index (χ3v) is 10.0. The molecule has 50 heavy (non-hydrogen) atoms. The van der Waals surface area contributed by atoms with Gasteiger partial charge in [-0.2, -0.15) is 0 Å². The maximum Gasteiger partial charge on any atom is 0.243 e. The summed E-state index contributed by atoms with van der Waals surface area (Å²) < 4.78 is 0. The minimum absolute atomic E-state index is 0.158. The molecule has 1 aliphatic rings. The number of nitrogens with two attached hydrogens (primary N) is 2. The van der Waals surface area contributed by atoms with E-state index in [0.29, 0.717) is 12.8 Å². The zero-order valence-corrected chi connectivity index (χ0v) is 28.9. The summed E-state index contributed by atoms with van der Waals surface area (Å²) >= 11 is 0. The van der Waals surface area contributed by atoms with Crippen molar-refractivity contribution in [1.82, 2.24) is 20.9 Å². The van der Waals surface area contributed by atoms with Crippen molar-refractivity contribution in [3.63, 3.8) is 0 Å². The highest BCUT2D eigenvalue weighted by Gasteiger charge is 2.36. The van der Waals surface area contributed by atoms with Crippen LogP contribution in [0.1, 0.15) is 66.3 Å². The van der Waals surface area contributed by atoms with Crippen molar-refractivity contribution in [3.05, 3.63) is 101 Å². The summed E-state index contributed by atoms with van der Waals surface area (Å²) in [5.41, 5.74) is 17.3. The van der Waals surface area contributed by atoms with Crippen LogP contribution in [-0.4, -0.2) is 57.9 Å². The number of carbonyl (C=O) groups is 4. The molecule has 0 radical (unpaired) electrons. The van der Waals surface area contributed by atoms with Crippen molar-refractivity contribution >= 4 is 34.5 Å². The number of nitrogens with one attached hydrogen (secondary N) is 4. The first-order chi connectivity index (χ1) is 23.9. The Morgan fingerprint density at radius 1 is 0.900 bits per heavy atom. The van der Waals surface area contributed by atoms with Crippen LogP contribution >= 0.6 is 0 Å². The van der Waals surface area contributed by atoms with E-state index in [1.54, 1.807) is 12.1 Å². The van der Waals surface area contributed by atoms with E-state index < -0.39 is 47.8 Å². The largest absolute Gasteiger partial charge is 0.508 e. The van der Waals surface area contributed by atoms with E-state index >= 15 is 0 Å². The molecule has 6 atom stereocenters. The first kappa shape index (κ1) is 36.1. The minimum Gasteiger partial charge on any atom is -0.508 e. The summed E-state index contributed by atoms with van der Waals surface area (Å²) in [6, 6.07) is 16.9. The molecule has 1 aliphatic carbocycles.